The van der Waals surface area contributed by atoms with Crippen LogP contribution in [-0.2, 0) is 0 Å². The Labute approximate surface area is 208 Å². The van der Waals surface area contributed by atoms with E-state index in [4.69, 9.17) is 14.2 Å². The van der Waals surface area contributed by atoms with Gasteiger partial charge in [0.2, 0.25) is 0 Å². The molecule has 9 heteroatoms. The molecule has 1 aromatic heterocycles. The van der Waals surface area contributed by atoms with E-state index < -0.39 is 0 Å². The Morgan fingerprint density at radius 1 is 1.09 bits per heavy atom. The highest BCUT2D eigenvalue weighted by Crippen LogP contribution is 2.34. The standard InChI is InChI=1S/C23H21BrIN3O4/c1-2-30-21-14-16(15-27-28-23(29)17-7-9-26-10-8-17)13-20(25)22(21)32-12-11-31-19-5-3-18(24)4-6-19/h3-10,13-15H,2,11-12H2,1H3,(H,28,29). The van der Waals surface area contributed by atoms with Crippen molar-refractivity contribution in [1.29, 1.82) is 0 Å². The van der Waals surface area contributed by atoms with Crippen molar-refractivity contribution in [2.45, 2.75) is 6.92 Å². The Bertz CT molecular complexity index is 1060. The van der Waals surface area contributed by atoms with Crippen LogP contribution in [0.3, 0.4) is 0 Å². The normalized spacial score (nSPS) is 10.7. The number of pyridine rings is 1. The Hall–Kier alpha value is -2.66. The fourth-order valence-corrected chi connectivity index (χ4v) is 3.68. The summed E-state index contributed by atoms with van der Waals surface area (Å²) in [6.07, 6.45) is 4.67. The molecule has 0 bridgehead atoms. The van der Waals surface area contributed by atoms with Gasteiger partial charge in [-0.2, -0.15) is 5.10 Å². The van der Waals surface area contributed by atoms with Gasteiger partial charge < -0.3 is 14.2 Å². The first-order valence-electron chi connectivity index (χ1n) is 9.77. The van der Waals surface area contributed by atoms with Gasteiger partial charge in [0.1, 0.15) is 19.0 Å². The molecule has 32 heavy (non-hydrogen) atoms. The van der Waals surface area contributed by atoms with E-state index in [1.165, 1.54) is 0 Å². The van der Waals surface area contributed by atoms with Crippen LogP contribution in [-0.4, -0.2) is 36.9 Å². The number of carbonyl (C=O) groups is 1. The SMILES string of the molecule is CCOc1cc(C=NNC(=O)c2ccncc2)cc(I)c1OCCOc1ccc(Br)cc1. The molecule has 2 aromatic carbocycles. The van der Waals surface area contributed by atoms with Crippen molar-refractivity contribution in [3.63, 3.8) is 0 Å². The van der Waals surface area contributed by atoms with Gasteiger partial charge in [-0.05, 0) is 83.6 Å². The lowest BCUT2D eigenvalue weighted by Crippen LogP contribution is -2.17. The second-order valence-corrected chi connectivity index (χ2v) is 8.43. The van der Waals surface area contributed by atoms with E-state index in [9.17, 15) is 4.79 Å². The lowest BCUT2D eigenvalue weighted by Gasteiger charge is -2.15. The van der Waals surface area contributed by atoms with Crippen molar-refractivity contribution >= 4 is 50.6 Å². The quantitative estimate of drug-likeness (QED) is 0.150. The molecule has 0 fully saturated rings. The van der Waals surface area contributed by atoms with Gasteiger partial charge in [0, 0.05) is 22.4 Å². The fourth-order valence-electron chi connectivity index (χ4n) is 2.63. The average Bonchev–Trinajstić information content (AvgIpc) is 2.80. The third kappa shape index (κ3) is 7.20. The fraction of sp³-hybridized carbons (Fsp3) is 0.174. The molecule has 166 valence electrons. The van der Waals surface area contributed by atoms with Gasteiger partial charge in [-0.15, -0.1) is 0 Å². The number of ether oxygens (including phenoxy) is 3. The summed E-state index contributed by atoms with van der Waals surface area (Å²) in [7, 11) is 0. The topological polar surface area (TPSA) is 82.0 Å². The van der Waals surface area contributed by atoms with Gasteiger partial charge in [-0.3, -0.25) is 9.78 Å². The molecule has 1 heterocycles. The second-order valence-electron chi connectivity index (χ2n) is 6.35. The van der Waals surface area contributed by atoms with Crippen LogP contribution < -0.4 is 19.6 Å². The smallest absolute Gasteiger partial charge is 0.271 e. The third-order valence-electron chi connectivity index (χ3n) is 4.07. The molecule has 0 aliphatic rings. The van der Waals surface area contributed by atoms with Crippen molar-refractivity contribution in [3.8, 4) is 17.2 Å². The minimum Gasteiger partial charge on any atom is -0.490 e. The molecule has 0 aliphatic carbocycles. The zero-order valence-electron chi connectivity index (χ0n) is 17.3. The first-order valence-corrected chi connectivity index (χ1v) is 11.6. The third-order valence-corrected chi connectivity index (χ3v) is 5.40. The molecule has 0 unspecified atom stereocenters. The number of hydrogen-bond donors (Lipinski definition) is 1. The van der Waals surface area contributed by atoms with Gasteiger partial charge in [0.25, 0.3) is 5.91 Å². The predicted molar refractivity (Wildman–Crippen MR) is 135 cm³/mol. The summed E-state index contributed by atoms with van der Waals surface area (Å²) in [6, 6.07) is 14.6. The number of amides is 1. The number of hydrazone groups is 1. The zero-order chi connectivity index (χ0) is 22.8. The number of nitrogens with zero attached hydrogens (tertiary/aromatic N) is 2. The van der Waals surface area contributed by atoms with Gasteiger partial charge in [0.15, 0.2) is 11.5 Å². The van der Waals surface area contributed by atoms with E-state index in [2.05, 4.69) is 54.0 Å². The molecule has 0 atom stereocenters. The molecule has 0 saturated heterocycles. The van der Waals surface area contributed by atoms with Crippen LogP contribution in [0.2, 0.25) is 0 Å². The highest BCUT2D eigenvalue weighted by molar-refractivity contribution is 14.1. The predicted octanol–water partition coefficient (Wildman–Crippen LogP) is 5.07. The first-order chi connectivity index (χ1) is 15.6. The maximum absolute atomic E-state index is 12.1. The van der Waals surface area contributed by atoms with Crippen LogP contribution in [0.15, 0.2) is 70.5 Å². The number of rotatable bonds is 10. The lowest BCUT2D eigenvalue weighted by atomic mass is 10.2. The molecule has 3 aromatic rings. The zero-order valence-corrected chi connectivity index (χ0v) is 21.0. The lowest BCUT2D eigenvalue weighted by molar-refractivity contribution is 0.0955. The first kappa shape index (κ1) is 24.0. The second kappa shape index (κ2) is 12.4. The van der Waals surface area contributed by atoms with Gasteiger partial charge in [-0.1, -0.05) is 15.9 Å². The number of carbonyl (C=O) groups excluding carboxylic acids is 1. The summed E-state index contributed by atoms with van der Waals surface area (Å²) in [6.45, 7) is 3.15. The largest absolute Gasteiger partial charge is 0.490 e. The van der Waals surface area contributed by atoms with E-state index in [1.54, 1.807) is 30.7 Å². The van der Waals surface area contributed by atoms with E-state index in [-0.39, 0.29) is 5.91 Å². The summed E-state index contributed by atoms with van der Waals surface area (Å²) in [5.74, 6) is 1.71. The van der Waals surface area contributed by atoms with Crippen LogP contribution in [0.25, 0.3) is 0 Å². The molecule has 0 spiro atoms. The summed E-state index contributed by atoms with van der Waals surface area (Å²) in [5.41, 5.74) is 3.75. The molecular formula is C23H21BrIN3O4. The molecule has 0 radical (unpaired) electrons. The Balaban J connectivity index is 1.60. The van der Waals surface area contributed by atoms with Crippen LogP contribution in [0.4, 0.5) is 0 Å². The van der Waals surface area contributed by atoms with Gasteiger partial charge >= 0.3 is 0 Å². The van der Waals surface area contributed by atoms with Crippen LogP contribution in [0.1, 0.15) is 22.8 Å². The number of nitrogens with one attached hydrogen (secondary N) is 1. The number of benzene rings is 2. The van der Waals surface area contributed by atoms with Gasteiger partial charge in [-0.25, -0.2) is 5.43 Å². The van der Waals surface area contributed by atoms with Crippen LogP contribution in [0.5, 0.6) is 17.2 Å². The molecule has 0 saturated carbocycles. The van der Waals surface area contributed by atoms with Crippen molar-refractivity contribution in [3.05, 3.63) is 80.1 Å². The average molecular weight is 610 g/mol. The van der Waals surface area contributed by atoms with Crippen LogP contribution >= 0.6 is 38.5 Å². The molecular weight excluding hydrogens is 589 g/mol. The molecule has 0 aliphatic heterocycles. The Morgan fingerprint density at radius 2 is 1.81 bits per heavy atom. The van der Waals surface area contributed by atoms with E-state index >= 15 is 0 Å². The minimum atomic E-state index is -0.311. The monoisotopic (exact) mass is 609 g/mol. The summed E-state index contributed by atoms with van der Waals surface area (Å²) in [4.78, 5) is 16.0. The molecule has 7 nitrogen and oxygen atoms in total. The van der Waals surface area contributed by atoms with E-state index in [1.807, 2.05) is 43.3 Å². The van der Waals surface area contributed by atoms with Crippen molar-refractivity contribution < 1.29 is 19.0 Å². The highest BCUT2D eigenvalue weighted by atomic mass is 127. The summed E-state index contributed by atoms with van der Waals surface area (Å²) in [5, 5.41) is 4.04. The Morgan fingerprint density at radius 3 is 2.53 bits per heavy atom. The Kier molecular flexibility index (Phi) is 9.29. The van der Waals surface area contributed by atoms with Crippen molar-refractivity contribution in [1.82, 2.24) is 10.4 Å². The summed E-state index contributed by atoms with van der Waals surface area (Å²) < 4.78 is 19.2. The van der Waals surface area contributed by atoms with Crippen LogP contribution in [0, 0.1) is 3.57 Å². The summed E-state index contributed by atoms with van der Waals surface area (Å²) >= 11 is 5.59. The molecule has 1 N–H and O–H groups in total. The number of aromatic nitrogens is 1. The highest BCUT2D eigenvalue weighted by Gasteiger charge is 2.12. The molecule has 1 amide bonds. The van der Waals surface area contributed by atoms with Gasteiger partial charge in [0.05, 0.1) is 16.4 Å². The maximum Gasteiger partial charge on any atom is 0.271 e. The van der Waals surface area contributed by atoms with E-state index in [0.29, 0.717) is 36.9 Å². The van der Waals surface area contributed by atoms with E-state index in [0.717, 1.165) is 19.4 Å². The minimum absolute atomic E-state index is 0.311. The van der Waals surface area contributed by atoms with Crippen molar-refractivity contribution in [2.75, 3.05) is 19.8 Å². The number of halogens is 2. The maximum atomic E-state index is 12.1. The molecule has 3 rings (SSSR count). The van der Waals surface area contributed by atoms with Crippen molar-refractivity contribution in [2.24, 2.45) is 5.10 Å². The number of hydrogen-bond acceptors (Lipinski definition) is 6.